The van der Waals surface area contributed by atoms with Crippen molar-refractivity contribution in [1.82, 2.24) is 24.2 Å². The molecule has 2 aliphatic heterocycles. The van der Waals surface area contributed by atoms with Crippen LogP contribution in [-0.2, 0) is 19.6 Å². The first-order valence-electron chi connectivity index (χ1n) is 9.89. The van der Waals surface area contributed by atoms with Gasteiger partial charge in [-0.1, -0.05) is 5.16 Å². The van der Waals surface area contributed by atoms with E-state index in [1.165, 1.54) is 11.2 Å². The molecule has 2 saturated heterocycles. The topological polar surface area (TPSA) is 107 Å². The highest BCUT2D eigenvalue weighted by Gasteiger charge is 2.33. The molecule has 3 heterocycles. The van der Waals surface area contributed by atoms with Gasteiger partial charge in [0.25, 0.3) is 0 Å². The van der Waals surface area contributed by atoms with Gasteiger partial charge in [-0.2, -0.15) is 4.31 Å². The lowest BCUT2D eigenvalue weighted by Crippen LogP contribution is -2.52. The van der Waals surface area contributed by atoms with Crippen LogP contribution in [0.4, 0.5) is 0 Å². The summed E-state index contributed by atoms with van der Waals surface area (Å²) in [4.78, 5) is 29.7. The van der Waals surface area contributed by atoms with Gasteiger partial charge in [-0.05, 0) is 26.8 Å². The number of sulfonamides is 1. The predicted molar refractivity (Wildman–Crippen MR) is 105 cm³/mol. The normalized spacial score (nSPS) is 20.0. The lowest BCUT2D eigenvalue weighted by atomic mass is 10.3. The highest BCUT2D eigenvalue weighted by atomic mass is 32.2. The Balaban J connectivity index is 1.56. The molecule has 2 fully saturated rings. The van der Waals surface area contributed by atoms with Crippen LogP contribution in [0.25, 0.3) is 0 Å². The summed E-state index contributed by atoms with van der Waals surface area (Å²) < 4.78 is 32.5. The number of aromatic nitrogens is 1. The van der Waals surface area contributed by atoms with Crippen molar-refractivity contribution in [2.75, 3.05) is 58.9 Å². The summed E-state index contributed by atoms with van der Waals surface area (Å²) in [5, 5.41) is 3.76. The first-order valence-corrected chi connectivity index (χ1v) is 11.3. The molecule has 0 radical (unpaired) electrons. The number of aryl methyl sites for hydroxylation is 2. The summed E-state index contributed by atoms with van der Waals surface area (Å²) in [5.41, 5.74) is 0.364. The van der Waals surface area contributed by atoms with Crippen LogP contribution in [0.1, 0.15) is 24.8 Å². The maximum absolute atomic E-state index is 13.0. The molecule has 0 N–H and O–H groups in total. The fraction of sp³-hybridized carbons (Fsp3) is 0.722. The SMILES string of the molecule is CC(=O)N1CCN(C(=O)CN2CCCN(S(=O)(=O)c3c(C)noc3C)CC2)CC1. The molecule has 0 unspecified atom stereocenters. The number of hydrogen-bond donors (Lipinski definition) is 0. The van der Waals surface area contributed by atoms with Crippen LogP contribution < -0.4 is 0 Å². The Morgan fingerprint density at radius 2 is 1.62 bits per heavy atom. The molecule has 29 heavy (non-hydrogen) atoms. The molecule has 0 saturated carbocycles. The van der Waals surface area contributed by atoms with E-state index in [1.54, 1.807) is 23.6 Å². The molecule has 2 aliphatic rings. The third-order valence-corrected chi connectivity index (χ3v) is 7.69. The van der Waals surface area contributed by atoms with Gasteiger partial charge in [-0.15, -0.1) is 0 Å². The van der Waals surface area contributed by atoms with E-state index in [2.05, 4.69) is 5.16 Å². The second-order valence-corrected chi connectivity index (χ2v) is 9.45. The van der Waals surface area contributed by atoms with Gasteiger partial charge in [0.05, 0.1) is 6.54 Å². The van der Waals surface area contributed by atoms with Crippen LogP contribution in [-0.4, -0.2) is 103 Å². The number of rotatable bonds is 4. The Hall–Kier alpha value is -1.98. The molecule has 0 aromatic carbocycles. The van der Waals surface area contributed by atoms with Gasteiger partial charge in [0.15, 0.2) is 5.76 Å². The summed E-state index contributed by atoms with van der Waals surface area (Å²) in [6.45, 7) is 9.09. The van der Waals surface area contributed by atoms with Gasteiger partial charge in [0.2, 0.25) is 21.8 Å². The zero-order valence-corrected chi connectivity index (χ0v) is 18.1. The molecule has 162 valence electrons. The Bertz CT molecular complexity index is 840. The van der Waals surface area contributed by atoms with Crippen molar-refractivity contribution in [2.45, 2.75) is 32.1 Å². The van der Waals surface area contributed by atoms with Gasteiger partial charge in [-0.25, -0.2) is 8.42 Å². The summed E-state index contributed by atoms with van der Waals surface area (Å²) >= 11 is 0. The monoisotopic (exact) mass is 427 g/mol. The van der Waals surface area contributed by atoms with Gasteiger partial charge >= 0.3 is 0 Å². The van der Waals surface area contributed by atoms with E-state index in [-0.39, 0.29) is 23.3 Å². The maximum atomic E-state index is 13.0. The molecule has 10 nitrogen and oxygen atoms in total. The van der Waals surface area contributed by atoms with Crippen molar-refractivity contribution < 1.29 is 22.5 Å². The second-order valence-electron chi connectivity index (χ2n) is 7.57. The van der Waals surface area contributed by atoms with Gasteiger partial charge in [-0.3, -0.25) is 14.5 Å². The fourth-order valence-electron chi connectivity index (χ4n) is 3.88. The molecular weight excluding hydrogens is 398 g/mol. The van der Waals surface area contributed by atoms with E-state index in [1.807, 2.05) is 4.90 Å². The van der Waals surface area contributed by atoms with Crippen molar-refractivity contribution in [2.24, 2.45) is 0 Å². The third kappa shape index (κ3) is 4.78. The molecule has 11 heteroatoms. The van der Waals surface area contributed by atoms with E-state index in [4.69, 9.17) is 4.52 Å². The zero-order valence-electron chi connectivity index (χ0n) is 17.3. The Morgan fingerprint density at radius 3 is 2.21 bits per heavy atom. The molecule has 1 aromatic rings. The first-order chi connectivity index (χ1) is 13.7. The highest BCUT2D eigenvalue weighted by molar-refractivity contribution is 7.89. The average molecular weight is 428 g/mol. The van der Waals surface area contributed by atoms with Crippen molar-refractivity contribution in [1.29, 1.82) is 0 Å². The minimum atomic E-state index is -3.67. The Morgan fingerprint density at radius 1 is 0.966 bits per heavy atom. The van der Waals surface area contributed by atoms with Crippen LogP contribution in [0.3, 0.4) is 0 Å². The van der Waals surface area contributed by atoms with Crippen LogP contribution in [0.2, 0.25) is 0 Å². The quantitative estimate of drug-likeness (QED) is 0.648. The molecule has 0 spiro atoms. The van der Waals surface area contributed by atoms with Crippen molar-refractivity contribution in [3.05, 3.63) is 11.5 Å². The molecule has 0 bridgehead atoms. The highest BCUT2D eigenvalue weighted by Crippen LogP contribution is 2.24. The Labute approximate surface area is 171 Å². The van der Waals surface area contributed by atoms with E-state index in [0.29, 0.717) is 70.2 Å². The summed E-state index contributed by atoms with van der Waals surface area (Å²) in [5.74, 6) is 0.350. The lowest BCUT2D eigenvalue weighted by Gasteiger charge is -2.35. The van der Waals surface area contributed by atoms with E-state index in [9.17, 15) is 18.0 Å². The van der Waals surface area contributed by atoms with E-state index < -0.39 is 10.0 Å². The summed E-state index contributed by atoms with van der Waals surface area (Å²) in [6.07, 6.45) is 0.647. The van der Waals surface area contributed by atoms with Crippen LogP contribution in [0.15, 0.2) is 9.42 Å². The summed E-state index contributed by atoms with van der Waals surface area (Å²) in [6, 6.07) is 0. The van der Waals surface area contributed by atoms with E-state index in [0.717, 1.165) is 0 Å². The largest absolute Gasteiger partial charge is 0.360 e. The first kappa shape index (κ1) is 21.7. The van der Waals surface area contributed by atoms with Gasteiger partial charge in [0, 0.05) is 52.7 Å². The van der Waals surface area contributed by atoms with Crippen molar-refractivity contribution in [3.8, 4) is 0 Å². The number of carbonyl (C=O) groups excluding carboxylic acids is 2. The zero-order chi connectivity index (χ0) is 21.2. The average Bonchev–Trinajstić information content (AvgIpc) is 2.88. The van der Waals surface area contributed by atoms with Gasteiger partial charge < -0.3 is 14.3 Å². The maximum Gasteiger partial charge on any atom is 0.248 e. The molecule has 2 amide bonds. The smallest absolute Gasteiger partial charge is 0.248 e. The number of hydrogen-bond acceptors (Lipinski definition) is 7. The van der Waals surface area contributed by atoms with Gasteiger partial charge in [0.1, 0.15) is 10.6 Å². The second kappa shape index (κ2) is 8.80. The molecule has 3 rings (SSSR count). The van der Waals surface area contributed by atoms with Crippen molar-refractivity contribution >= 4 is 21.8 Å². The molecule has 0 atom stereocenters. The Kier molecular flexibility index (Phi) is 6.59. The molecule has 1 aromatic heterocycles. The molecule has 0 aliphatic carbocycles. The summed E-state index contributed by atoms with van der Waals surface area (Å²) in [7, 11) is -3.67. The lowest BCUT2D eigenvalue weighted by molar-refractivity contribution is -0.139. The number of piperazine rings is 1. The van der Waals surface area contributed by atoms with Crippen molar-refractivity contribution in [3.63, 3.8) is 0 Å². The van der Waals surface area contributed by atoms with E-state index >= 15 is 0 Å². The fourth-order valence-corrected chi connectivity index (χ4v) is 5.64. The minimum Gasteiger partial charge on any atom is -0.360 e. The third-order valence-electron chi connectivity index (χ3n) is 5.55. The predicted octanol–water partition coefficient (Wildman–Crippen LogP) is -0.321. The van der Waals surface area contributed by atoms with Crippen LogP contribution in [0.5, 0.6) is 0 Å². The number of amides is 2. The van der Waals surface area contributed by atoms with Crippen LogP contribution >= 0.6 is 0 Å². The number of carbonyl (C=O) groups is 2. The molecular formula is C18H29N5O5S. The number of nitrogens with zero attached hydrogens (tertiary/aromatic N) is 5. The van der Waals surface area contributed by atoms with Crippen LogP contribution in [0, 0.1) is 13.8 Å². The standard InChI is InChI=1S/C18H29N5O5S/c1-14-18(15(2)28-19-14)29(26,27)23-6-4-5-20(7-12-23)13-17(25)22-10-8-21(9-11-22)16(3)24/h4-13H2,1-3H3. The minimum absolute atomic E-state index is 0.0234.